The minimum Gasteiger partial charge on any atom is -0.376 e. The van der Waals surface area contributed by atoms with Gasteiger partial charge in [-0.15, -0.1) is 0 Å². The van der Waals surface area contributed by atoms with E-state index < -0.39 is 0 Å². The molecule has 3 rings (SSSR count). The number of carbonyl (C=O) groups is 1. The SMILES string of the molecule is Cc1[nH]ncc1C(=O)Nc1cnn(CC2CCCO2)c1. The molecule has 0 bridgehead atoms. The van der Waals surface area contributed by atoms with Crippen LogP contribution < -0.4 is 5.32 Å². The molecule has 7 heteroatoms. The molecule has 1 amide bonds. The summed E-state index contributed by atoms with van der Waals surface area (Å²) < 4.78 is 7.36. The first-order valence-electron chi connectivity index (χ1n) is 6.68. The van der Waals surface area contributed by atoms with E-state index in [0.717, 1.165) is 31.7 Å². The fourth-order valence-corrected chi connectivity index (χ4v) is 2.30. The third-order valence-corrected chi connectivity index (χ3v) is 3.38. The molecule has 1 saturated heterocycles. The van der Waals surface area contributed by atoms with Crippen molar-refractivity contribution in [3.8, 4) is 0 Å². The van der Waals surface area contributed by atoms with Crippen molar-refractivity contribution in [3.63, 3.8) is 0 Å². The van der Waals surface area contributed by atoms with Crippen LogP contribution in [0.15, 0.2) is 18.6 Å². The van der Waals surface area contributed by atoms with Crippen molar-refractivity contribution in [1.82, 2.24) is 20.0 Å². The lowest BCUT2D eigenvalue weighted by Crippen LogP contribution is -2.15. The molecule has 1 aliphatic rings. The number of nitrogens with one attached hydrogen (secondary N) is 2. The highest BCUT2D eigenvalue weighted by Crippen LogP contribution is 2.15. The average molecular weight is 275 g/mol. The Morgan fingerprint density at radius 1 is 1.60 bits per heavy atom. The Morgan fingerprint density at radius 2 is 2.50 bits per heavy atom. The highest BCUT2D eigenvalue weighted by atomic mass is 16.5. The van der Waals surface area contributed by atoms with Crippen molar-refractivity contribution in [2.75, 3.05) is 11.9 Å². The smallest absolute Gasteiger partial charge is 0.259 e. The normalized spacial score (nSPS) is 18.4. The van der Waals surface area contributed by atoms with Crippen LogP contribution in [0.4, 0.5) is 5.69 Å². The van der Waals surface area contributed by atoms with E-state index in [-0.39, 0.29) is 12.0 Å². The van der Waals surface area contributed by atoms with Crippen molar-refractivity contribution >= 4 is 11.6 Å². The fourth-order valence-electron chi connectivity index (χ4n) is 2.30. The molecule has 0 aromatic carbocycles. The van der Waals surface area contributed by atoms with Gasteiger partial charge in [-0.3, -0.25) is 14.6 Å². The van der Waals surface area contributed by atoms with Crippen LogP contribution in [0.2, 0.25) is 0 Å². The summed E-state index contributed by atoms with van der Waals surface area (Å²) in [6.45, 7) is 3.36. The molecule has 1 atom stereocenters. The maximum atomic E-state index is 12.0. The second-order valence-corrected chi connectivity index (χ2v) is 4.95. The zero-order chi connectivity index (χ0) is 13.9. The standard InChI is InChI=1S/C13H17N5O2/c1-9-12(6-14-17-9)13(19)16-10-5-15-18(7-10)8-11-3-2-4-20-11/h5-7,11H,2-4,8H2,1H3,(H,14,17)(H,16,19). The second kappa shape index (κ2) is 5.46. The molecule has 0 aliphatic carbocycles. The number of aryl methyl sites for hydroxylation is 1. The van der Waals surface area contributed by atoms with Crippen molar-refractivity contribution in [2.45, 2.75) is 32.4 Å². The van der Waals surface area contributed by atoms with Gasteiger partial charge in [-0.1, -0.05) is 0 Å². The van der Waals surface area contributed by atoms with Crippen LogP contribution >= 0.6 is 0 Å². The Kier molecular flexibility index (Phi) is 3.51. The van der Waals surface area contributed by atoms with Crippen molar-refractivity contribution in [1.29, 1.82) is 0 Å². The minimum absolute atomic E-state index is 0.187. The Labute approximate surface area is 116 Å². The molecule has 7 nitrogen and oxygen atoms in total. The number of amides is 1. The minimum atomic E-state index is -0.187. The number of H-pyrrole nitrogens is 1. The van der Waals surface area contributed by atoms with Gasteiger partial charge in [0.2, 0.25) is 0 Å². The van der Waals surface area contributed by atoms with Crippen LogP contribution in [0.3, 0.4) is 0 Å². The van der Waals surface area contributed by atoms with Gasteiger partial charge in [0.15, 0.2) is 0 Å². The molecular weight excluding hydrogens is 258 g/mol. The summed E-state index contributed by atoms with van der Waals surface area (Å²) in [5, 5.41) is 13.6. The second-order valence-electron chi connectivity index (χ2n) is 4.95. The van der Waals surface area contributed by atoms with E-state index in [1.54, 1.807) is 10.9 Å². The lowest BCUT2D eigenvalue weighted by Gasteiger charge is -2.08. The van der Waals surface area contributed by atoms with E-state index in [1.807, 2.05) is 13.1 Å². The Bertz CT molecular complexity index is 597. The maximum Gasteiger partial charge on any atom is 0.259 e. The number of hydrogen-bond donors (Lipinski definition) is 2. The third kappa shape index (κ3) is 2.72. The van der Waals surface area contributed by atoms with Gasteiger partial charge >= 0.3 is 0 Å². The summed E-state index contributed by atoms with van der Waals surface area (Å²) in [6.07, 6.45) is 7.37. The molecule has 2 aromatic rings. The van der Waals surface area contributed by atoms with Crippen LogP contribution in [0, 0.1) is 6.92 Å². The average Bonchev–Trinajstić information content (AvgIpc) is 3.12. The highest BCUT2D eigenvalue weighted by Gasteiger charge is 2.17. The predicted molar refractivity (Wildman–Crippen MR) is 72.5 cm³/mol. The summed E-state index contributed by atoms with van der Waals surface area (Å²) in [5.74, 6) is -0.187. The Balaban J connectivity index is 1.62. The molecule has 1 fully saturated rings. The Hall–Kier alpha value is -2.15. The van der Waals surface area contributed by atoms with E-state index in [9.17, 15) is 4.79 Å². The van der Waals surface area contributed by atoms with E-state index in [0.29, 0.717) is 11.3 Å². The maximum absolute atomic E-state index is 12.0. The summed E-state index contributed by atoms with van der Waals surface area (Å²) >= 11 is 0. The molecule has 0 radical (unpaired) electrons. The van der Waals surface area contributed by atoms with Crippen LogP contribution in [0.25, 0.3) is 0 Å². The van der Waals surface area contributed by atoms with E-state index in [1.165, 1.54) is 6.20 Å². The number of nitrogens with zero attached hydrogens (tertiary/aromatic N) is 3. The number of aromatic nitrogens is 4. The molecule has 106 valence electrons. The zero-order valence-corrected chi connectivity index (χ0v) is 11.3. The lowest BCUT2D eigenvalue weighted by atomic mass is 10.2. The number of carbonyl (C=O) groups excluding carboxylic acids is 1. The third-order valence-electron chi connectivity index (χ3n) is 3.38. The highest BCUT2D eigenvalue weighted by molar-refractivity contribution is 6.04. The first-order valence-corrected chi connectivity index (χ1v) is 6.68. The first kappa shape index (κ1) is 12.9. The van der Waals surface area contributed by atoms with E-state index in [2.05, 4.69) is 20.6 Å². The number of rotatable bonds is 4. The van der Waals surface area contributed by atoms with E-state index >= 15 is 0 Å². The molecule has 20 heavy (non-hydrogen) atoms. The Morgan fingerprint density at radius 3 is 3.20 bits per heavy atom. The van der Waals surface area contributed by atoms with Crippen LogP contribution in [0.5, 0.6) is 0 Å². The molecule has 1 aliphatic heterocycles. The first-order chi connectivity index (χ1) is 9.72. The van der Waals surface area contributed by atoms with Crippen molar-refractivity contribution in [3.05, 3.63) is 29.8 Å². The van der Waals surface area contributed by atoms with Gasteiger partial charge in [0, 0.05) is 18.5 Å². The van der Waals surface area contributed by atoms with Gasteiger partial charge in [-0.05, 0) is 19.8 Å². The van der Waals surface area contributed by atoms with E-state index in [4.69, 9.17) is 4.74 Å². The number of hydrogen-bond acceptors (Lipinski definition) is 4. The molecule has 1 unspecified atom stereocenters. The van der Waals surface area contributed by atoms with Crippen LogP contribution in [-0.4, -0.2) is 38.6 Å². The number of anilines is 1. The van der Waals surface area contributed by atoms with Gasteiger partial charge in [0.25, 0.3) is 5.91 Å². The molecule has 0 saturated carbocycles. The van der Waals surface area contributed by atoms with Gasteiger partial charge < -0.3 is 10.1 Å². The topological polar surface area (TPSA) is 84.8 Å². The van der Waals surface area contributed by atoms with Crippen LogP contribution in [-0.2, 0) is 11.3 Å². The predicted octanol–water partition coefficient (Wildman–Crippen LogP) is 1.35. The number of ether oxygens (including phenoxy) is 1. The number of aromatic amines is 1. The zero-order valence-electron chi connectivity index (χ0n) is 11.3. The molecular formula is C13H17N5O2. The van der Waals surface area contributed by atoms with Crippen LogP contribution in [0.1, 0.15) is 28.9 Å². The van der Waals surface area contributed by atoms with Crippen molar-refractivity contribution in [2.24, 2.45) is 0 Å². The molecule has 0 spiro atoms. The van der Waals surface area contributed by atoms with Gasteiger partial charge in [0.1, 0.15) is 0 Å². The van der Waals surface area contributed by atoms with Gasteiger partial charge in [0.05, 0.1) is 36.3 Å². The molecule has 2 aromatic heterocycles. The monoisotopic (exact) mass is 275 g/mol. The fraction of sp³-hybridized carbons (Fsp3) is 0.462. The molecule has 3 heterocycles. The molecule has 2 N–H and O–H groups in total. The van der Waals surface area contributed by atoms with Gasteiger partial charge in [-0.2, -0.15) is 10.2 Å². The van der Waals surface area contributed by atoms with Crippen molar-refractivity contribution < 1.29 is 9.53 Å². The summed E-state index contributed by atoms with van der Waals surface area (Å²) in [7, 11) is 0. The lowest BCUT2D eigenvalue weighted by molar-refractivity contribution is 0.0940. The summed E-state index contributed by atoms with van der Waals surface area (Å²) in [5.41, 5.74) is 1.96. The summed E-state index contributed by atoms with van der Waals surface area (Å²) in [6, 6.07) is 0. The summed E-state index contributed by atoms with van der Waals surface area (Å²) in [4.78, 5) is 12.0. The van der Waals surface area contributed by atoms with Gasteiger partial charge in [-0.25, -0.2) is 0 Å². The largest absolute Gasteiger partial charge is 0.376 e. The quantitative estimate of drug-likeness (QED) is 0.882.